The molecule has 1 aliphatic heterocycles. The second-order valence-electron chi connectivity index (χ2n) is 5.45. The molecular weight excluding hydrogens is 345 g/mol. The summed E-state index contributed by atoms with van der Waals surface area (Å²) in [6.07, 6.45) is 0.650. The SMILES string of the molecule is NNC(Cc1csc(N)n1)=NC1Cc2cccc(C(=O)O)c2OB1O. The van der Waals surface area contributed by atoms with Gasteiger partial charge in [-0.2, -0.15) is 0 Å². The van der Waals surface area contributed by atoms with Gasteiger partial charge in [0.2, 0.25) is 0 Å². The molecule has 1 unspecified atom stereocenters. The number of carboxylic acid groups (broad SMARTS) is 1. The molecule has 11 heteroatoms. The number of rotatable bonds is 4. The van der Waals surface area contributed by atoms with Gasteiger partial charge in [-0.05, 0) is 18.1 Å². The quantitative estimate of drug-likeness (QED) is 0.165. The first-order valence-corrected chi connectivity index (χ1v) is 8.29. The lowest BCUT2D eigenvalue weighted by Gasteiger charge is -2.26. The summed E-state index contributed by atoms with van der Waals surface area (Å²) in [5, 5.41) is 21.7. The van der Waals surface area contributed by atoms with Crippen molar-refractivity contribution in [3.05, 3.63) is 40.4 Å². The number of para-hydroxylation sites is 1. The zero-order chi connectivity index (χ0) is 18.0. The van der Waals surface area contributed by atoms with Crippen molar-refractivity contribution in [2.24, 2.45) is 10.8 Å². The number of hydrogen-bond acceptors (Lipinski definition) is 8. The third-order valence-electron chi connectivity index (χ3n) is 3.73. The van der Waals surface area contributed by atoms with Gasteiger partial charge >= 0.3 is 13.1 Å². The summed E-state index contributed by atoms with van der Waals surface area (Å²) in [6, 6.07) is 4.80. The fourth-order valence-electron chi connectivity index (χ4n) is 2.60. The highest BCUT2D eigenvalue weighted by atomic mass is 32.1. The van der Waals surface area contributed by atoms with E-state index in [0.717, 1.165) is 0 Å². The van der Waals surface area contributed by atoms with Crippen molar-refractivity contribution in [1.29, 1.82) is 0 Å². The van der Waals surface area contributed by atoms with Crippen LogP contribution in [-0.4, -0.2) is 40.0 Å². The molecular formula is C14H16BN5O4S. The number of benzene rings is 1. The van der Waals surface area contributed by atoms with Crippen LogP contribution in [0.25, 0.3) is 0 Å². The Morgan fingerprint density at radius 2 is 2.36 bits per heavy atom. The number of hydrazine groups is 1. The normalized spacial score (nSPS) is 17.0. The van der Waals surface area contributed by atoms with E-state index in [1.807, 2.05) is 0 Å². The number of nitrogens with two attached hydrogens (primary N) is 2. The smallest absolute Gasteiger partial charge is 0.534 e. The summed E-state index contributed by atoms with van der Waals surface area (Å²) in [7, 11) is -1.28. The maximum atomic E-state index is 11.3. The number of thiazole rings is 1. The van der Waals surface area contributed by atoms with Gasteiger partial charge in [-0.25, -0.2) is 15.6 Å². The first kappa shape index (κ1) is 17.2. The van der Waals surface area contributed by atoms with Crippen LogP contribution < -0.4 is 21.7 Å². The number of nitrogens with zero attached hydrogens (tertiary/aromatic N) is 2. The third kappa shape index (κ3) is 3.73. The lowest BCUT2D eigenvalue weighted by molar-refractivity contribution is 0.0694. The van der Waals surface area contributed by atoms with E-state index >= 15 is 0 Å². The summed E-state index contributed by atoms with van der Waals surface area (Å²) in [6.45, 7) is 0. The number of carbonyl (C=O) groups is 1. The van der Waals surface area contributed by atoms with Crippen molar-refractivity contribution < 1.29 is 19.6 Å². The molecule has 0 spiro atoms. The number of amidine groups is 1. The topological polar surface area (TPSA) is 156 Å². The zero-order valence-electron chi connectivity index (χ0n) is 13.0. The summed E-state index contributed by atoms with van der Waals surface area (Å²) >= 11 is 1.31. The van der Waals surface area contributed by atoms with Crippen molar-refractivity contribution in [3.63, 3.8) is 0 Å². The number of nitrogens with one attached hydrogen (secondary N) is 1. The number of aromatic carboxylic acids is 1. The Bertz CT molecular complexity index is 827. The Kier molecular flexibility index (Phi) is 4.88. The predicted octanol–water partition coefficient (Wildman–Crippen LogP) is -0.149. The lowest BCUT2D eigenvalue weighted by Crippen LogP contribution is -2.44. The Labute approximate surface area is 147 Å². The fourth-order valence-corrected chi connectivity index (χ4v) is 3.16. The molecule has 0 radical (unpaired) electrons. The highest BCUT2D eigenvalue weighted by molar-refractivity contribution is 7.13. The molecule has 9 nitrogen and oxygen atoms in total. The molecule has 2 heterocycles. The van der Waals surface area contributed by atoms with Gasteiger partial charge in [0.05, 0.1) is 11.3 Å². The predicted molar refractivity (Wildman–Crippen MR) is 94.5 cm³/mol. The minimum atomic E-state index is -1.28. The maximum Gasteiger partial charge on any atom is 0.549 e. The molecule has 3 rings (SSSR count). The van der Waals surface area contributed by atoms with E-state index < -0.39 is 19.0 Å². The highest BCUT2D eigenvalue weighted by Crippen LogP contribution is 2.31. The second kappa shape index (κ2) is 7.09. The number of hydrogen-bond donors (Lipinski definition) is 5. The molecule has 0 saturated heterocycles. The summed E-state index contributed by atoms with van der Waals surface area (Å²) in [4.78, 5) is 19.8. The largest absolute Gasteiger partial charge is 0.549 e. The van der Waals surface area contributed by atoms with Gasteiger partial charge in [0.1, 0.15) is 17.5 Å². The summed E-state index contributed by atoms with van der Waals surface area (Å²) < 4.78 is 5.40. The van der Waals surface area contributed by atoms with Gasteiger partial charge in [0.25, 0.3) is 0 Å². The Hall–Kier alpha value is -2.63. The molecule has 1 aromatic heterocycles. The molecule has 0 bridgehead atoms. The molecule has 0 aliphatic carbocycles. The van der Waals surface area contributed by atoms with Crippen LogP contribution in [0.1, 0.15) is 21.6 Å². The van der Waals surface area contributed by atoms with Crippen molar-refractivity contribution in [3.8, 4) is 5.75 Å². The first-order chi connectivity index (χ1) is 12.0. The van der Waals surface area contributed by atoms with Gasteiger partial charge in [-0.1, -0.05) is 12.1 Å². The third-order valence-corrected chi connectivity index (χ3v) is 4.45. The minimum Gasteiger partial charge on any atom is -0.534 e. The van der Waals surface area contributed by atoms with Crippen LogP contribution in [0.5, 0.6) is 5.75 Å². The van der Waals surface area contributed by atoms with Gasteiger partial charge in [0.15, 0.2) is 5.13 Å². The van der Waals surface area contributed by atoms with Crippen LogP contribution >= 0.6 is 11.3 Å². The van der Waals surface area contributed by atoms with E-state index in [9.17, 15) is 14.9 Å². The van der Waals surface area contributed by atoms with Crippen molar-refractivity contribution in [1.82, 2.24) is 10.4 Å². The number of nitrogen functional groups attached to an aromatic ring is 1. The molecule has 2 aromatic rings. The Morgan fingerprint density at radius 3 is 3.00 bits per heavy atom. The van der Waals surface area contributed by atoms with E-state index in [2.05, 4.69) is 15.4 Å². The Balaban J connectivity index is 1.83. The van der Waals surface area contributed by atoms with Gasteiger partial charge < -0.3 is 25.9 Å². The maximum absolute atomic E-state index is 11.3. The molecule has 1 atom stereocenters. The average molecular weight is 361 g/mol. The Morgan fingerprint density at radius 1 is 1.56 bits per heavy atom. The van der Waals surface area contributed by atoms with E-state index in [4.69, 9.17) is 16.2 Å². The standard InChI is InChI=1S/C14H16BN5O4S/c16-14-18-8(6-25-14)5-11(20-17)19-10-4-7-2-1-3-9(13(21)22)12(7)24-15(10)23/h1-3,6,10,23H,4-5,17H2,(H2,16,18)(H,19,20)(H,21,22). The lowest BCUT2D eigenvalue weighted by atomic mass is 9.72. The monoisotopic (exact) mass is 361 g/mol. The van der Waals surface area contributed by atoms with E-state index in [1.54, 1.807) is 17.5 Å². The zero-order valence-corrected chi connectivity index (χ0v) is 13.9. The molecule has 130 valence electrons. The van der Waals surface area contributed by atoms with E-state index in [1.165, 1.54) is 17.4 Å². The van der Waals surface area contributed by atoms with E-state index in [-0.39, 0.29) is 11.3 Å². The molecule has 0 saturated carbocycles. The molecule has 7 N–H and O–H groups in total. The van der Waals surface area contributed by atoms with Crippen LogP contribution in [0, 0.1) is 0 Å². The van der Waals surface area contributed by atoms with Crippen LogP contribution in [0.4, 0.5) is 5.13 Å². The minimum absolute atomic E-state index is 0.00843. The number of carboxylic acids is 1. The van der Waals surface area contributed by atoms with Gasteiger partial charge in [-0.15, -0.1) is 11.3 Å². The first-order valence-electron chi connectivity index (χ1n) is 7.41. The van der Waals surface area contributed by atoms with Crippen molar-refractivity contribution in [2.75, 3.05) is 5.73 Å². The molecule has 0 amide bonds. The second-order valence-corrected chi connectivity index (χ2v) is 6.34. The highest BCUT2D eigenvalue weighted by Gasteiger charge is 2.37. The molecule has 0 fully saturated rings. The summed E-state index contributed by atoms with van der Waals surface area (Å²) in [5.74, 6) is 4.35. The van der Waals surface area contributed by atoms with Crippen LogP contribution in [0.15, 0.2) is 28.6 Å². The average Bonchev–Trinajstić information content (AvgIpc) is 2.99. The van der Waals surface area contributed by atoms with Gasteiger partial charge in [0, 0.05) is 11.8 Å². The molecule has 25 heavy (non-hydrogen) atoms. The number of fused-ring (bicyclic) bond motifs is 1. The van der Waals surface area contributed by atoms with Crippen LogP contribution in [0.3, 0.4) is 0 Å². The van der Waals surface area contributed by atoms with Crippen LogP contribution in [-0.2, 0) is 12.8 Å². The molecule has 1 aromatic carbocycles. The van der Waals surface area contributed by atoms with Crippen molar-refractivity contribution >= 4 is 35.4 Å². The number of aromatic nitrogens is 1. The summed E-state index contributed by atoms with van der Waals surface area (Å²) in [5.41, 5.74) is 9.47. The van der Waals surface area contributed by atoms with E-state index in [0.29, 0.717) is 35.1 Å². The van der Waals surface area contributed by atoms with Crippen LogP contribution in [0.2, 0.25) is 0 Å². The fraction of sp³-hybridized carbons (Fsp3) is 0.214. The van der Waals surface area contributed by atoms with Gasteiger partial charge in [-0.3, -0.25) is 4.99 Å². The number of aliphatic imine (C=N–C) groups is 1. The molecule has 1 aliphatic rings. The number of anilines is 1. The van der Waals surface area contributed by atoms with Crippen molar-refractivity contribution in [2.45, 2.75) is 18.8 Å².